The number of rotatable bonds is 13. The van der Waals surface area contributed by atoms with E-state index in [1.807, 2.05) is 29.2 Å². The second-order valence-corrected chi connectivity index (χ2v) is 9.93. The number of para-hydroxylation sites is 1. The number of carbonyl (C=O) groups excluding carboxylic acids is 1. The van der Waals surface area contributed by atoms with Crippen molar-refractivity contribution in [3.63, 3.8) is 0 Å². The smallest absolute Gasteiger partial charge is 0.326 e. The second-order valence-electron chi connectivity index (χ2n) is 9.93. The van der Waals surface area contributed by atoms with Crippen LogP contribution >= 0.6 is 0 Å². The zero-order valence-corrected chi connectivity index (χ0v) is 22.2. The third-order valence-electron chi connectivity index (χ3n) is 6.85. The third kappa shape index (κ3) is 7.38. The summed E-state index contributed by atoms with van der Waals surface area (Å²) in [4.78, 5) is 41.5. The summed E-state index contributed by atoms with van der Waals surface area (Å²) in [7, 11) is 3.47. The Bertz CT molecular complexity index is 1240. The zero-order chi connectivity index (χ0) is 26.9. The molecule has 10 nitrogen and oxygen atoms in total. The van der Waals surface area contributed by atoms with E-state index in [1.165, 1.54) is 11.9 Å². The van der Waals surface area contributed by atoms with Crippen LogP contribution in [0.25, 0.3) is 10.9 Å². The van der Waals surface area contributed by atoms with E-state index in [1.54, 1.807) is 19.0 Å². The molecule has 0 radical (unpaired) electrons. The lowest BCUT2D eigenvalue weighted by Gasteiger charge is -2.25. The molecule has 1 unspecified atom stereocenters. The summed E-state index contributed by atoms with van der Waals surface area (Å²) in [5.74, 6) is 0.536. The molecule has 4 rings (SSSR count). The summed E-state index contributed by atoms with van der Waals surface area (Å²) in [6.45, 7) is 2.38. The molecule has 0 fully saturated rings. The van der Waals surface area contributed by atoms with E-state index in [-0.39, 0.29) is 12.5 Å². The van der Waals surface area contributed by atoms with E-state index in [4.69, 9.17) is 4.98 Å². The first kappa shape index (κ1) is 27.3. The molecule has 0 bridgehead atoms. The summed E-state index contributed by atoms with van der Waals surface area (Å²) in [5.41, 5.74) is 3.10. The molecule has 1 atom stereocenters. The molecule has 3 heterocycles. The number of aliphatic carboxylic acids is 1. The molecule has 0 spiro atoms. The number of hydrogen-bond acceptors (Lipinski definition) is 8. The van der Waals surface area contributed by atoms with Crippen LogP contribution in [0.2, 0.25) is 0 Å². The van der Waals surface area contributed by atoms with Gasteiger partial charge in [0.1, 0.15) is 24.0 Å². The van der Waals surface area contributed by atoms with Crippen molar-refractivity contribution in [2.75, 3.05) is 50.9 Å². The SMILES string of the molecule is CN(C)C(=O)CN(CCCCc1ccc2c(n1)NCCC2)CCC(Nc1ncnc2ccccc12)C(=O)O. The van der Waals surface area contributed by atoms with Gasteiger partial charge in [0.15, 0.2) is 0 Å². The van der Waals surface area contributed by atoms with Crippen LogP contribution < -0.4 is 10.6 Å². The number of carboxylic acids is 1. The van der Waals surface area contributed by atoms with Gasteiger partial charge in [-0.15, -0.1) is 0 Å². The quantitative estimate of drug-likeness (QED) is 0.292. The molecule has 1 aliphatic rings. The van der Waals surface area contributed by atoms with Crippen molar-refractivity contribution in [1.82, 2.24) is 24.8 Å². The lowest BCUT2D eigenvalue weighted by molar-refractivity contribution is -0.138. The number of amides is 1. The highest BCUT2D eigenvalue weighted by Gasteiger charge is 2.21. The van der Waals surface area contributed by atoms with E-state index < -0.39 is 12.0 Å². The topological polar surface area (TPSA) is 124 Å². The summed E-state index contributed by atoms with van der Waals surface area (Å²) in [6.07, 6.45) is 6.66. The van der Waals surface area contributed by atoms with Crippen LogP contribution in [0.5, 0.6) is 0 Å². The van der Waals surface area contributed by atoms with Gasteiger partial charge >= 0.3 is 5.97 Å². The third-order valence-corrected chi connectivity index (χ3v) is 6.85. The largest absolute Gasteiger partial charge is 0.480 e. The van der Waals surface area contributed by atoms with Crippen LogP contribution in [0, 0.1) is 0 Å². The number of likely N-dealkylation sites (N-methyl/N-ethyl adjacent to an activating group) is 1. The van der Waals surface area contributed by atoms with E-state index in [0.29, 0.717) is 25.3 Å². The van der Waals surface area contributed by atoms with Gasteiger partial charge in [-0.3, -0.25) is 9.69 Å². The first-order chi connectivity index (χ1) is 18.4. The standard InChI is InChI=1S/C28H37N7O3/c1-34(2)25(36)18-35(16-6-5-9-21-13-12-20-8-7-15-29-26(20)32-21)17-14-24(28(37)38)33-27-22-10-3-4-11-23(22)30-19-31-27/h3-4,10-13,19,24H,5-9,14-18H2,1-2H3,(H,29,32)(H,37,38)(H,30,31,33). The number of anilines is 2. The van der Waals surface area contributed by atoms with Crippen LogP contribution in [0.3, 0.4) is 0 Å². The fourth-order valence-electron chi connectivity index (χ4n) is 4.61. The molecule has 1 amide bonds. The number of carboxylic acid groups (broad SMARTS) is 1. The maximum Gasteiger partial charge on any atom is 0.326 e. The van der Waals surface area contributed by atoms with E-state index in [9.17, 15) is 14.7 Å². The van der Waals surface area contributed by atoms with Gasteiger partial charge in [-0.05, 0) is 68.8 Å². The predicted octanol–water partition coefficient (Wildman–Crippen LogP) is 3.05. The number of nitrogens with one attached hydrogen (secondary N) is 2. The number of pyridine rings is 1. The minimum Gasteiger partial charge on any atom is -0.480 e. The van der Waals surface area contributed by atoms with Crippen LogP contribution in [0.1, 0.15) is 36.9 Å². The molecule has 0 saturated carbocycles. The molecular weight excluding hydrogens is 482 g/mol. The fraction of sp³-hybridized carbons (Fsp3) is 0.464. The molecule has 2 aromatic heterocycles. The number of benzene rings is 1. The Morgan fingerprint density at radius 1 is 1.11 bits per heavy atom. The molecule has 3 aromatic rings. The van der Waals surface area contributed by atoms with Gasteiger partial charge in [-0.1, -0.05) is 18.2 Å². The Hall–Kier alpha value is -3.79. The van der Waals surface area contributed by atoms with Gasteiger partial charge in [-0.2, -0.15) is 0 Å². The molecule has 10 heteroatoms. The Kier molecular flexibility index (Phi) is 9.42. The number of aryl methyl sites for hydroxylation is 2. The van der Waals surface area contributed by atoms with Gasteiger partial charge in [0.2, 0.25) is 5.91 Å². The summed E-state index contributed by atoms with van der Waals surface area (Å²) in [6, 6.07) is 10.9. The number of aromatic nitrogens is 3. The lowest BCUT2D eigenvalue weighted by Crippen LogP contribution is -2.40. The second kappa shape index (κ2) is 13.1. The van der Waals surface area contributed by atoms with Crippen molar-refractivity contribution in [1.29, 1.82) is 0 Å². The predicted molar refractivity (Wildman–Crippen MR) is 148 cm³/mol. The van der Waals surface area contributed by atoms with Crippen LogP contribution in [-0.2, 0) is 22.4 Å². The highest BCUT2D eigenvalue weighted by molar-refractivity contribution is 5.90. The first-order valence-electron chi connectivity index (χ1n) is 13.2. The van der Waals surface area contributed by atoms with Crippen LogP contribution in [0.4, 0.5) is 11.6 Å². The molecule has 1 aliphatic heterocycles. The van der Waals surface area contributed by atoms with Crippen molar-refractivity contribution in [2.45, 2.75) is 44.6 Å². The van der Waals surface area contributed by atoms with Crippen molar-refractivity contribution < 1.29 is 14.7 Å². The molecule has 202 valence electrons. The summed E-state index contributed by atoms with van der Waals surface area (Å²) < 4.78 is 0. The molecule has 0 saturated heterocycles. The Morgan fingerprint density at radius 3 is 2.76 bits per heavy atom. The van der Waals surface area contributed by atoms with Gasteiger partial charge in [0.25, 0.3) is 0 Å². The van der Waals surface area contributed by atoms with Gasteiger partial charge in [-0.25, -0.2) is 19.7 Å². The number of carbonyl (C=O) groups is 2. The van der Waals surface area contributed by atoms with Crippen LogP contribution in [-0.4, -0.2) is 88.1 Å². The number of nitrogens with zero attached hydrogens (tertiary/aromatic N) is 5. The van der Waals surface area contributed by atoms with E-state index in [2.05, 4.69) is 32.7 Å². The minimum absolute atomic E-state index is 0.00550. The molecule has 1 aromatic carbocycles. The highest BCUT2D eigenvalue weighted by Crippen LogP contribution is 2.21. The lowest BCUT2D eigenvalue weighted by atomic mass is 10.1. The number of hydrogen-bond donors (Lipinski definition) is 3. The first-order valence-corrected chi connectivity index (χ1v) is 13.2. The van der Waals surface area contributed by atoms with Gasteiger partial charge in [0, 0.05) is 38.3 Å². The minimum atomic E-state index is -0.960. The monoisotopic (exact) mass is 519 g/mol. The molecule has 3 N–H and O–H groups in total. The maximum absolute atomic E-state index is 12.5. The molecule has 0 aliphatic carbocycles. The average molecular weight is 520 g/mol. The number of unbranched alkanes of at least 4 members (excludes halogenated alkanes) is 1. The van der Waals surface area contributed by atoms with Crippen molar-refractivity contribution in [3.05, 3.63) is 54.0 Å². The normalized spacial score (nSPS) is 13.6. The van der Waals surface area contributed by atoms with Crippen LogP contribution in [0.15, 0.2) is 42.7 Å². The van der Waals surface area contributed by atoms with Gasteiger partial charge < -0.3 is 20.6 Å². The Balaban J connectivity index is 1.34. The Morgan fingerprint density at radius 2 is 1.95 bits per heavy atom. The van der Waals surface area contributed by atoms with E-state index in [0.717, 1.165) is 61.1 Å². The summed E-state index contributed by atoms with van der Waals surface area (Å²) in [5, 5.41) is 17.1. The summed E-state index contributed by atoms with van der Waals surface area (Å²) >= 11 is 0. The highest BCUT2D eigenvalue weighted by atomic mass is 16.4. The van der Waals surface area contributed by atoms with Gasteiger partial charge in [0.05, 0.1) is 12.1 Å². The molecular formula is C28H37N7O3. The maximum atomic E-state index is 12.5. The molecule has 38 heavy (non-hydrogen) atoms. The zero-order valence-electron chi connectivity index (χ0n) is 22.2. The van der Waals surface area contributed by atoms with E-state index >= 15 is 0 Å². The van der Waals surface area contributed by atoms with Crippen molar-refractivity contribution in [3.8, 4) is 0 Å². The average Bonchev–Trinajstić information content (AvgIpc) is 2.92. The van der Waals surface area contributed by atoms with Crippen molar-refractivity contribution >= 4 is 34.4 Å². The van der Waals surface area contributed by atoms with Crippen molar-refractivity contribution in [2.24, 2.45) is 0 Å². The fourth-order valence-corrected chi connectivity index (χ4v) is 4.61. The number of fused-ring (bicyclic) bond motifs is 2. The Labute approximate surface area is 223 Å².